The fourth-order valence-corrected chi connectivity index (χ4v) is 5.59. The molecule has 1 fully saturated rings. The second kappa shape index (κ2) is 8.00. The zero-order valence-electron chi connectivity index (χ0n) is 15.7. The number of carbonyl (C=O) groups excluding carboxylic acids is 1. The number of hydrogen-bond acceptors (Lipinski definition) is 5. The van der Waals surface area contributed by atoms with E-state index in [1.165, 1.54) is 12.1 Å². The van der Waals surface area contributed by atoms with Gasteiger partial charge in [0.05, 0.1) is 15.1 Å². The van der Waals surface area contributed by atoms with Crippen LogP contribution >= 0.6 is 11.3 Å². The molecule has 152 valence electrons. The van der Waals surface area contributed by atoms with Crippen LogP contribution in [-0.4, -0.2) is 36.9 Å². The van der Waals surface area contributed by atoms with E-state index in [4.69, 9.17) is 0 Å². The summed E-state index contributed by atoms with van der Waals surface area (Å²) >= 11 is 0.990. The monoisotopic (exact) mass is 431 g/mol. The fraction of sp³-hybridized carbons (Fsp3) is 0.300. The molecule has 1 aliphatic rings. The Labute approximate surface area is 172 Å². The van der Waals surface area contributed by atoms with Gasteiger partial charge < -0.3 is 4.90 Å². The lowest BCUT2D eigenvalue weighted by molar-refractivity contribution is -0.130. The van der Waals surface area contributed by atoms with Crippen LogP contribution in [0.25, 0.3) is 10.2 Å². The van der Waals surface area contributed by atoms with Gasteiger partial charge in [-0.1, -0.05) is 29.5 Å². The molecule has 2 heterocycles. The number of carbonyl (C=O) groups is 1. The molecule has 0 spiro atoms. The first kappa shape index (κ1) is 19.7. The van der Waals surface area contributed by atoms with Gasteiger partial charge in [-0.3, -0.25) is 18.9 Å². The van der Waals surface area contributed by atoms with Crippen molar-refractivity contribution < 1.29 is 13.2 Å². The number of amides is 1. The van der Waals surface area contributed by atoms with Gasteiger partial charge in [0.2, 0.25) is 5.91 Å². The summed E-state index contributed by atoms with van der Waals surface area (Å²) in [6, 6.07) is 13.3. The summed E-state index contributed by atoms with van der Waals surface area (Å²) < 4.78 is 30.0. The highest BCUT2D eigenvalue weighted by Gasteiger charge is 2.20. The molecule has 4 rings (SSSR count). The lowest BCUT2D eigenvalue weighted by atomic mass is 10.3. The number of fused-ring (bicyclic) bond motifs is 1. The number of hydrogen-bond donors (Lipinski definition) is 1. The summed E-state index contributed by atoms with van der Waals surface area (Å²) in [5, 5.41) is 0. The lowest BCUT2D eigenvalue weighted by Gasteiger charge is -2.15. The molecule has 1 aromatic heterocycles. The Balaban J connectivity index is 1.56. The maximum absolute atomic E-state index is 12.7. The van der Waals surface area contributed by atoms with E-state index in [1.807, 2.05) is 4.90 Å². The molecular formula is C20H21N3O4S2. The van der Waals surface area contributed by atoms with Crippen molar-refractivity contribution in [3.8, 4) is 0 Å². The van der Waals surface area contributed by atoms with Crippen molar-refractivity contribution in [3.05, 3.63) is 58.2 Å². The number of para-hydroxylation sites is 1. The molecule has 1 N–H and O–H groups in total. The van der Waals surface area contributed by atoms with Crippen molar-refractivity contribution in [2.45, 2.75) is 30.7 Å². The molecular weight excluding hydrogens is 410 g/mol. The molecule has 0 aliphatic carbocycles. The van der Waals surface area contributed by atoms with Crippen LogP contribution in [0.2, 0.25) is 0 Å². The van der Waals surface area contributed by atoms with Crippen molar-refractivity contribution >= 4 is 43.2 Å². The first-order valence-electron chi connectivity index (χ1n) is 9.43. The largest absolute Gasteiger partial charge is 0.343 e. The highest BCUT2D eigenvalue weighted by molar-refractivity contribution is 7.92. The normalized spacial score (nSPS) is 14.4. The summed E-state index contributed by atoms with van der Waals surface area (Å²) in [6.45, 7) is 1.87. The number of likely N-dealkylation sites (tertiary alicyclic amines) is 1. The van der Waals surface area contributed by atoms with Gasteiger partial charge in [-0.05, 0) is 43.2 Å². The zero-order valence-corrected chi connectivity index (χ0v) is 17.3. The quantitative estimate of drug-likeness (QED) is 0.650. The predicted molar refractivity (Wildman–Crippen MR) is 114 cm³/mol. The maximum atomic E-state index is 12.7. The summed E-state index contributed by atoms with van der Waals surface area (Å²) in [6.07, 6.45) is 2.32. The summed E-state index contributed by atoms with van der Waals surface area (Å²) in [5.74, 6) is 0.0556. The highest BCUT2D eigenvalue weighted by atomic mass is 32.2. The van der Waals surface area contributed by atoms with Crippen molar-refractivity contribution in [1.29, 1.82) is 0 Å². The standard InChI is InChI=1S/C20H21N3O4S2/c24-19(22-11-4-5-12-22)10-13-23-17-9-8-16(14-18(17)28-20(23)25)29(26,27)21-15-6-2-1-3-7-15/h1-3,6-9,14,21H,4-5,10-13H2. The first-order chi connectivity index (χ1) is 13.9. The number of rotatable bonds is 6. The second-order valence-corrected chi connectivity index (χ2v) is 9.63. The molecule has 1 saturated heterocycles. The van der Waals surface area contributed by atoms with Crippen LogP contribution in [-0.2, 0) is 21.4 Å². The first-order valence-corrected chi connectivity index (χ1v) is 11.7. The Hall–Kier alpha value is -2.65. The molecule has 0 saturated carbocycles. The van der Waals surface area contributed by atoms with Crippen LogP contribution in [0.3, 0.4) is 0 Å². The van der Waals surface area contributed by atoms with Crippen molar-refractivity contribution in [2.75, 3.05) is 17.8 Å². The van der Waals surface area contributed by atoms with Crippen LogP contribution < -0.4 is 9.60 Å². The van der Waals surface area contributed by atoms with E-state index in [-0.39, 0.29) is 22.1 Å². The summed E-state index contributed by atoms with van der Waals surface area (Å²) in [4.78, 5) is 26.4. The van der Waals surface area contributed by atoms with E-state index in [1.54, 1.807) is 41.0 Å². The van der Waals surface area contributed by atoms with Crippen LogP contribution in [0.1, 0.15) is 19.3 Å². The topological polar surface area (TPSA) is 88.5 Å². The maximum Gasteiger partial charge on any atom is 0.308 e. The molecule has 7 nitrogen and oxygen atoms in total. The minimum absolute atomic E-state index is 0.0556. The molecule has 0 atom stereocenters. The Morgan fingerprint density at radius 1 is 1.07 bits per heavy atom. The number of aromatic nitrogens is 1. The average molecular weight is 432 g/mol. The van der Waals surface area contributed by atoms with Crippen LogP contribution in [0, 0.1) is 0 Å². The van der Waals surface area contributed by atoms with E-state index in [0.717, 1.165) is 37.3 Å². The Kier molecular flexibility index (Phi) is 5.42. The molecule has 2 aromatic carbocycles. The van der Waals surface area contributed by atoms with Gasteiger partial charge in [-0.2, -0.15) is 0 Å². The number of benzene rings is 2. The minimum Gasteiger partial charge on any atom is -0.343 e. The van der Waals surface area contributed by atoms with Gasteiger partial charge in [-0.15, -0.1) is 0 Å². The van der Waals surface area contributed by atoms with E-state index in [0.29, 0.717) is 22.4 Å². The smallest absolute Gasteiger partial charge is 0.308 e. The lowest BCUT2D eigenvalue weighted by Crippen LogP contribution is -2.29. The van der Waals surface area contributed by atoms with Gasteiger partial charge in [0.25, 0.3) is 10.0 Å². The third kappa shape index (κ3) is 4.20. The molecule has 1 aliphatic heterocycles. The fourth-order valence-electron chi connectivity index (χ4n) is 3.48. The van der Waals surface area contributed by atoms with Gasteiger partial charge in [0.1, 0.15) is 0 Å². The Bertz CT molecular complexity index is 1190. The summed E-state index contributed by atoms with van der Waals surface area (Å²) in [7, 11) is -3.76. The van der Waals surface area contributed by atoms with Gasteiger partial charge in [0.15, 0.2) is 0 Å². The van der Waals surface area contributed by atoms with Gasteiger partial charge in [-0.25, -0.2) is 8.42 Å². The Morgan fingerprint density at radius 2 is 1.79 bits per heavy atom. The molecule has 0 radical (unpaired) electrons. The number of thiazole rings is 1. The van der Waals surface area contributed by atoms with Crippen LogP contribution in [0.15, 0.2) is 58.2 Å². The SMILES string of the molecule is O=C(CCn1c(=O)sc2cc(S(=O)(=O)Nc3ccccc3)ccc21)N1CCCC1. The minimum atomic E-state index is -3.76. The third-order valence-electron chi connectivity index (χ3n) is 4.98. The van der Waals surface area contributed by atoms with Crippen molar-refractivity contribution in [1.82, 2.24) is 9.47 Å². The molecule has 1 amide bonds. The van der Waals surface area contributed by atoms with E-state index < -0.39 is 10.0 Å². The van der Waals surface area contributed by atoms with Crippen molar-refractivity contribution in [3.63, 3.8) is 0 Å². The van der Waals surface area contributed by atoms with E-state index >= 15 is 0 Å². The number of sulfonamides is 1. The number of nitrogens with one attached hydrogen (secondary N) is 1. The number of nitrogens with zero attached hydrogens (tertiary/aromatic N) is 2. The summed E-state index contributed by atoms with van der Waals surface area (Å²) in [5.41, 5.74) is 1.12. The molecule has 0 unspecified atom stereocenters. The predicted octanol–water partition coefficient (Wildman–Crippen LogP) is 2.88. The zero-order chi connectivity index (χ0) is 20.4. The average Bonchev–Trinajstić information content (AvgIpc) is 3.34. The van der Waals surface area contributed by atoms with Crippen LogP contribution in [0.5, 0.6) is 0 Å². The van der Waals surface area contributed by atoms with Crippen LogP contribution in [0.4, 0.5) is 5.69 Å². The van der Waals surface area contributed by atoms with E-state index in [9.17, 15) is 18.0 Å². The molecule has 9 heteroatoms. The van der Waals surface area contributed by atoms with E-state index in [2.05, 4.69) is 4.72 Å². The third-order valence-corrected chi connectivity index (χ3v) is 7.30. The second-order valence-electron chi connectivity index (χ2n) is 6.96. The van der Waals surface area contributed by atoms with Gasteiger partial charge in [0, 0.05) is 31.7 Å². The highest BCUT2D eigenvalue weighted by Crippen LogP contribution is 2.24. The number of anilines is 1. The number of aryl methyl sites for hydroxylation is 1. The molecule has 3 aromatic rings. The molecule has 0 bridgehead atoms. The van der Waals surface area contributed by atoms with Gasteiger partial charge >= 0.3 is 4.87 Å². The Morgan fingerprint density at radius 3 is 2.52 bits per heavy atom. The van der Waals surface area contributed by atoms with Crippen molar-refractivity contribution in [2.24, 2.45) is 0 Å². The molecule has 29 heavy (non-hydrogen) atoms.